The van der Waals surface area contributed by atoms with Crippen LogP contribution in [0.4, 0.5) is 5.69 Å². The Bertz CT molecular complexity index is 414. The number of hydrogen-bond acceptors (Lipinski definition) is 3. The van der Waals surface area contributed by atoms with Gasteiger partial charge in [0, 0.05) is 12.6 Å². The van der Waals surface area contributed by atoms with Crippen LogP contribution >= 0.6 is 0 Å². The lowest BCUT2D eigenvalue weighted by Crippen LogP contribution is -2.34. The maximum absolute atomic E-state index is 11.8. The summed E-state index contributed by atoms with van der Waals surface area (Å²) in [5, 5.41) is 11.9. The average molecular weight is 250 g/mol. The molecule has 0 radical (unpaired) electrons. The van der Waals surface area contributed by atoms with Crippen molar-refractivity contribution in [3.8, 4) is 0 Å². The number of carbonyl (C=O) groups excluding carboxylic acids is 1. The Balaban J connectivity index is 2.71. The summed E-state index contributed by atoms with van der Waals surface area (Å²) in [6.07, 6.45) is 3.97. The number of nitrogens with zero attached hydrogens (tertiary/aromatic N) is 1. The zero-order valence-corrected chi connectivity index (χ0v) is 10.6. The molecule has 0 saturated heterocycles. The molecule has 5 heteroatoms. The molecular formula is C13H18N2O3. The van der Waals surface area contributed by atoms with Gasteiger partial charge in [0.05, 0.1) is 17.3 Å². The van der Waals surface area contributed by atoms with Crippen molar-refractivity contribution in [2.75, 3.05) is 5.32 Å². The number of amides is 1. The average Bonchev–Trinajstić information content (AvgIpc) is 2.37. The van der Waals surface area contributed by atoms with Crippen LogP contribution < -0.4 is 5.32 Å². The zero-order valence-electron chi connectivity index (χ0n) is 10.6. The van der Waals surface area contributed by atoms with Crippen LogP contribution in [0.5, 0.6) is 0 Å². The highest BCUT2D eigenvalue weighted by molar-refractivity contribution is 5.94. The van der Waals surface area contributed by atoms with Crippen molar-refractivity contribution in [2.24, 2.45) is 5.41 Å². The second-order valence-corrected chi connectivity index (χ2v) is 4.26. The Labute approximate surface area is 106 Å². The third kappa shape index (κ3) is 3.29. The van der Waals surface area contributed by atoms with Crippen molar-refractivity contribution in [1.29, 1.82) is 0 Å². The molecule has 1 amide bonds. The van der Waals surface area contributed by atoms with E-state index in [9.17, 15) is 14.7 Å². The van der Waals surface area contributed by atoms with E-state index in [0.29, 0.717) is 18.5 Å². The van der Waals surface area contributed by atoms with Gasteiger partial charge in [0.25, 0.3) is 0 Å². The lowest BCUT2D eigenvalue weighted by atomic mass is 9.79. The van der Waals surface area contributed by atoms with Gasteiger partial charge in [-0.1, -0.05) is 13.8 Å². The molecule has 0 aliphatic carbocycles. The molecule has 18 heavy (non-hydrogen) atoms. The predicted octanol–water partition coefficient (Wildman–Crippen LogP) is 2.30. The van der Waals surface area contributed by atoms with Crippen LogP contribution in [0, 0.1) is 5.41 Å². The molecule has 1 heterocycles. The molecule has 0 spiro atoms. The second kappa shape index (κ2) is 6.14. The van der Waals surface area contributed by atoms with E-state index < -0.39 is 11.4 Å². The first-order valence-corrected chi connectivity index (χ1v) is 5.97. The normalized spacial score (nSPS) is 11.0. The van der Waals surface area contributed by atoms with Crippen LogP contribution in [0.1, 0.15) is 33.1 Å². The highest BCUT2D eigenvalue weighted by Gasteiger charge is 2.37. The Hall–Kier alpha value is -1.91. The highest BCUT2D eigenvalue weighted by atomic mass is 16.4. The van der Waals surface area contributed by atoms with Gasteiger partial charge >= 0.3 is 5.97 Å². The van der Waals surface area contributed by atoms with Gasteiger partial charge < -0.3 is 10.4 Å². The third-order valence-corrected chi connectivity index (χ3v) is 3.25. The molecule has 0 bridgehead atoms. The molecular weight excluding hydrogens is 232 g/mol. The van der Waals surface area contributed by atoms with E-state index in [1.807, 2.05) is 0 Å². The van der Waals surface area contributed by atoms with Gasteiger partial charge in [-0.3, -0.25) is 14.6 Å². The second-order valence-electron chi connectivity index (χ2n) is 4.26. The first kappa shape index (κ1) is 14.2. The summed E-state index contributed by atoms with van der Waals surface area (Å²) < 4.78 is 0. The van der Waals surface area contributed by atoms with Crippen molar-refractivity contribution in [1.82, 2.24) is 4.98 Å². The number of aliphatic carboxylic acids is 1. The minimum Gasteiger partial charge on any atom is -0.481 e. The van der Waals surface area contributed by atoms with Crippen LogP contribution in [0.25, 0.3) is 0 Å². The van der Waals surface area contributed by atoms with Gasteiger partial charge in [-0.05, 0) is 25.0 Å². The number of aromatic nitrogens is 1. The third-order valence-electron chi connectivity index (χ3n) is 3.25. The largest absolute Gasteiger partial charge is 0.481 e. The number of carbonyl (C=O) groups is 2. The Morgan fingerprint density at radius 2 is 2.06 bits per heavy atom. The Morgan fingerprint density at radius 1 is 1.39 bits per heavy atom. The lowest BCUT2D eigenvalue weighted by molar-refractivity contribution is -0.151. The van der Waals surface area contributed by atoms with Crippen LogP contribution in [-0.2, 0) is 9.59 Å². The SMILES string of the molecule is CCC(CC)(CC(=O)Nc1cccnc1)C(=O)O. The van der Waals surface area contributed by atoms with Gasteiger partial charge in [0.15, 0.2) is 0 Å². The molecule has 0 saturated carbocycles. The number of anilines is 1. The van der Waals surface area contributed by atoms with Gasteiger partial charge in [0.2, 0.25) is 5.91 Å². The van der Waals surface area contributed by atoms with E-state index in [1.165, 1.54) is 6.20 Å². The summed E-state index contributed by atoms with van der Waals surface area (Å²) in [6, 6.07) is 3.42. The van der Waals surface area contributed by atoms with Gasteiger partial charge in [-0.2, -0.15) is 0 Å². The standard InChI is InChI=1S/C13H18N2O3/c1-3-13(4-2,12(17)18)8-11(16)15-10-6-5-7-14-9-10/h5-7,9H,3-4,8H2,1-2H3,(H,15,16)(H,17,18). The van der Waals surface area contributed by atoms with E-state index in [2.05, 4.69) is 10.3 Å². The van der Waals surface area contributed by atoms with Crippen LogP contribution in [-0.4, -0.2) is 22.0 Å². The Morgan fingerprint density at radius 3 is 2.50 bits per heavy atom. The van der Waals surface area contributed by atoms with E-state index in [1.54, 1.807) is 32.2 Å². The molecule has 0 aromatic carbocycles. The zero-order chi connectivity index (χ0) is 13.6. The topological polar surface area (TPSA) is 79.3 Å². The molecule has 5 nitrogen and oxygen atoms in total. The fourth-order valence-corrected chi connectivity index (χ4v) is 1.83. The maximum Gasteiger partial charge on any atom is 0.310 e. The minimum atomic E-state index is -0.980. The summed E-state index contributed by atoms with van der Waals surface area (Å²) in [6.45, 7) is 3.57. The number of carboxylic acids is 1. The van der Waals surface area contributed by atoms with Crippen LogP contribution in [0.3, 0.4) is 0 Å². The first-order valence-electron chi connectivity index (χ1n) is 5.97. The molecule has 0 aliphatic heterocycles. The molecule has 98 valence electrons. The van der Waals surface area contributed by atoms with Gasteiger partial charge in [-0.15, -0.1) is 0 Å². The van der Waals surface area contributed by atoms with Crippen LogP contribution in [0.15, 0.2) is 24.5 Å². The number of carboxylic acid groups (broad SMARTS) is 1. The summed E-state index contributed by atoms with van der Waals surface area (Å²) in [7, 11) is 0. The summed E-state index contributed by atoms with van der Waals surface area (Å²) in [4.78, 5) is 27.0. The van der Waals surface area contributed by atoms with E-state index >= 15 is 0 Å². The fraction of sp³-hybridized carbons (Fsp3) is 0.462. The highest BCUT2D eigenvalue weighted by Crippen LogP contribution is 2.31. The molecule has 1 aromatic heterocycles. The van der Waals surface area contributed by atoms with Crippen molar-refractivity contribution in [3.05, 3.63) is 24.5 Å². The van der Waals surface area contributed by atoms with E-state index in [4.69, 9.17) is 0 Å². The molecule has 0 atom stereocenters. The lowest BCUT2D eigenvalue weighted by Gasteiger charge is -2.25. The van der Waals surface area contributed by atoms with E-state index in [-0.39, 0.29) is 12.3 Å². The Kier molecular flexibility index (Phi) is 4.83. The minimum absolute atomic E-state index is 0.0236. The number of hydrogen-bond donors (Lipinski definition) is 2. The fourth-order valence-electron chi connectivity index (χ4n) is 1.83. The molecule has 0 unspecified atom stereocenters. The van der Waals surface area contributed by atoms with Crippen LogP contribution in [0.2, 0.25) is 0 Å². The number of nitrogens with one attached hydrogen (secondary N) is 1. The molecule has 1 rings (SSSR count). The van der Waals surface area contributed by atoms with E-state index in [0.717, 1.165) is 0 Å². The molecule has 0 aliphatic rings. The number of pyridine rings is 1. The first-order chi connectivity index (χ1) is 8.54. The maximum atomic E-state index is 11.8. The van der Waals surface area contributed by atoms with Crippen molar-refractivity contribution >= 4 is 17.6 Å². The molecule has 2 N–H and O–H groups in total. The van der Waals surface area contributed by atoms with Crippen molar-refractivity contribution in [3.63, 3.8) is 0 Å². The van der Waals surface area contributed by atoms with Gasteiger partial charge in [-0.25, -0.2) is 0 Å². The molecule has 0 fully saturated rings. The summed E-state index contributed by atoms with van der Waals surface area (Å²) in [5.41, 5.74) is -0.402. The molecule has 1 aromatic rings. The van der Waals surface area contributed by atoms with Crippen molar-refractivity contribution in [2.45, 2.75) is 33.1 Å². The van der Waals surface area contributed by atoms with Crippen molar-refractivity contribution < 1.29 is 14.7 Å². The quantitative estimate of drug-likeness (QED) is 0.812. The number of rotatable bonds is 6. The van der Waals surface area contributed by atoms with Gasteiger partial charge in [0.1, 0.15) is 0 Å². The summed E-state index contributed by atoms with van der Waals surface area (Å²) in [5.74, 6) is -1.22. The smallest absolute Gasteiger partial charge is 0.310 e. The monoisotopic (exact) mass is 250 g/mol. The summed E-state index contributed by atoms with van der Waals surface area (Å²) >= 11 is 0. The predicted molar refractivity (Wildman–Crippen MR) is 68.1 cm³/mol.